The number of carbonyl (C=O) groups is 1. The number of hydrogen-bond acceptors (Lipinski definition) is 6. The molecule has 1 saturated heterocycles. The fraction of sp³-hybridized carbons (Fsp3) is 0.318. The lowest BCUT2D eigenvalue weighted by Gasteiger charge is -2.33. The molecule has 2 aromatic carbocycles. The van der Waals surface area contributed by atoms with E-state index in [1.165, 1.54) is 30.7 Å². The smallest absolute Gasteiger partial charge is 0.247 e. The number of piperazine rings is 1. The second kappa shape index (κ2) is 9.84. The van der Waals surface area contributed by atoms with Crippen LogP contribution in [0.3, 0.4) is 0 Å². The summed E-state index contributed by atoms with van der Waals surface area (Å²) < 4.78 is 43.3. The summed E-state index contributed by atoms with van der Waals surface area (Å²) in [6.07, 6.45) is 3.18. The van der Waals surface area contributed by atoms with Gasteiger partial charge in [-0.15, -0.1) is 0 Å². The molecule has 0 radical (unpaired) electrons. The quantitative estimate of drug-likeness (QED) is 0.607. The summed E-state index contributed by atoms with van der Waals surface area (Å²) in [5.74, 6) is 1.17. The van der Waals surface area contributed by atoms with E-state index in [0.29, 0.717) is 24.6 Å². The van der Waals surface area contributed by atoms with Crippen LogP contribution in [-0.4, -0.2) is 71.0 Å². The van der Waals surface area contributed by atoms with Crippen molar-refractivity contribution in [2.24, 2.45) is 0 Å². The number of methoxy groups -OCH3 is 3. The first kappa shape index (κ1) is 22.6. The molecule has 0 aromatic heterocycles. The summed E-state index contributed by atoms with van der Waals surface area (Å²) in [6.45, 7) is 0.967. The number of carbonyl (C=O) groups excluding carboxylic acids is 1. The van der Waals surface area contributed by atoms with Crippen LogP contribution in [0.2, 0.25) is 0 Å². The fourth-order valence-corrected chi connectivity index (χ4v) is 4.94. The van der Waals surface area contributed by atoms with Crippen molar-refractivity contribution in [1.82, 2.24) is 9.21 Å². The number of ether oxygens (including phenoxy) is 3. The second-order valence-electron chi connectivity index (χ2n) is 6.82. The monoisotopic (exact) mass is 446 g/mol. The molecule has 1 aliphatic heterocycles. The van der Waals surface area contributed by atoms with E-state index in [0.717, 1.165) is 5.56 Å². The van der Waals surface area contributed by atoms with Gasteiger partial charge in [0.25, 0.3) is 0 Å². The molecule has 1 amide bonds. The van der Waals surface area contributed by atoms with Gasteiger partial charge in [-0.05, 0) is 24.3 Å². The molecule has 1 fully saturated rings. The number of benzene rings is 2. The molecular formula is C22H26N2O6S. The highest BCUT2D eigenvalue weighted by atomic mass is 32.2. The second-order valence-corrected chi connectivity index (χ2v) is 8.73. The van der Waals surface area contributed by atoms with Crippen molar-refractivity contribution in [1.29, 1.82) is 0 Å². The maximum atomic E-state index is 13.2. The van der Waals surface area contributed by atoms with Crippen molar-refractivity contribution < 1.29 is 27.4 Å². The Morgan fingerprint density at radius 3 is 2.23 bits per heavy atom. The Balaban J connectivity index is 1.69. The van der Waals surface area contributed by atoms with Crippen molar-refractivity contribution in [2.75, 3.05) is 47.5 Å². The number of amides is 1. The molecule has 0 N–H and O–H groups in total. The van der Waals surface area contributed by atoms with Gasteiger partial charge in [-0.25, -0.2) is 8.42 Å². The van der Waals surface area contributed by atoms with Gasteiger partial charge in [0.15, 0.2) is 0 Å². The van der Waals surface area contributed by atoms with Crippen LogP contribution < -0.4 is 14.2 Å². The molecule has 0 atom stereocenters. The largest absolute Gasteiger partial charge is 0.497 e. The van der Waals surface area contributed by atoms with Crippen LogP contribution in [0.15, 0.2) is 53.4 Å². The summed E-state index contributed by atoms with van der Waals surface area (Å²) in [5.41, 5.74) is 0.796. The fourth-order valence-electron chi connectivity index (χ4n) is 3.34. The van der Waals surface area contributed by atoms with Gasteiger partial charge >= 0.3 is 0 Å². The summed E-state index contributed by atoms with van der Waals surface area (Å²) in [6, 6.07) is 12.0. The Morgan fingerprint density at radius 1 is 0.903 bits per heavy atom. The van der Waals surface area contributed by atoms with Crippen LogP contribution in [0, 0.1) is 0 Å². The van der Waals surface area contributed by atoms with Gasteiger partial charge in [0.1, 0.15) is 22.1 Å². The number of para-hydroxylation sites is 1. The van der Waals surface area contributed by atoms with Gasteiger partial charge < -0.3 is 19.1 Å². The standard InChI is InChI=1S/C22H26N2O6S/c1-28-18-9-10-20(30-3)21(16-18)31(26,27)24-14-12-23(13-15-24)22(25)11-8-17-6-4-5-7-19(17)29-2/h4-11,16H,12-15H2,1-3H3/b11-8+. The van der Waals surface area contributed by atoms with Gasteiger partial charge in [-0.1, -0.05) is 18.2 Å². The van der Waals surface area contributed by atoms with Crippen LogP contribution in [0.5, 0.6) is 17.2 Å². The van der Waals surface area contributed by atoms with Crippen LogP contribution in [0.25, 0.3) is 6.08 Å². The van der Waals surface area contributed by atoms with Crippen molar-refractivity contribution in [2.45, 2.75) is 4.90 Å². The Morgan fingerprint density at radius 2 is 1.58 bits per heavy atom. The number of hydrogen-bond donors (Lipinski definition) is 0. The predicted octanol–water partition coefficient (Wildman–Crippen LogP) is 2.26. The molecule has 0 unspecified atom stereocenters. The van der Waals surface area contributed by atoms with E-state index in [9.17, 15) is 13.2 Å². The first-order chi connectivity index (χ1) is 14.9. The zero-order valence-electron chi connectivity index (χ0n) is 17.8. The number of rotatable bonds is 7. The third kappa shape index (κ3) is 5.00. The molecule has 1 aliphatic rings. The van der Waals surface area contributed by atoms with Crippen molar-refractivity contribution >= 4 is 22.0 Å². The van der Waals surface area contributed by atoms with Gasteiger partial charge in [0.05, 0.1) is 21.3 Å². The van der Waals surface area contributed by atoms with Crippen molar-refractivity contribution in [3.8, 4) is 17.2 Å². The molecule has 3 rings (SSSR count). The highest BCUT2D eigenvalue weighted by Gasteiger charge is 2.32. The number of nitrogens with zero attached hydrogens (tertiary/aromatic N) is 2. The maximum absolute atomic E-state index is 13.2. The van der Waals surface area contributed by atoms with Crippen LogP contribution in [-0.2, 0) is 14.8 Å². The summed E-state index contributed by atoms with van der Waals surface area (Å²) in [7, 11) is 0.675. The van der Waals surface area contributed by atoms with Gasteiger partial charge in [0, 0.05) is 43.9 Å². The SMILES string of the molecule is COc1ccc(OC)c(S(=O)(=O)N2CCN(C(=O)/C=C/c3ccccc3OC)CC2)c1. The molecular weight excluding hydrogens is 420 g/mol. The van der Waals surface area contributed by atoms with Gasteiger partial charge in [0.2, 0.25) is 15.9 Å². The Bertz CT molecular complexity index is 1060. The molecule has 0 bridgehead atoms. The van der Waals surface area contributed by atoms with E-state index in [1.807, 2.05) is 24.3 Å². The first-order valence-electron chi connectivity index (χ1n) is 9.73. The summed E-state index contributed by atoms with van der Waals surface area (Å²) in [5, 5.41) is 0. The topological polar surface area (TPSA) is 85.4 Å². The molecule has 166 valence electrons. The van der Waals surface area contributed by atoms with Crippen molar-refractivity contribution in [3.05, 3.63) is 54.1 Å². The van der Waals surface area contributed by atoms with Gasteiger partial charge in [-0.3, -0.25) is 4.79 Å². The van der Waals surface area contributed by atoms with E-state index < -0.39 is 10.0 Å². The maximum Gasteiger partial charge on any atom is 0.247 e. The van der Waals surface area contributed by atoms with E-state index in [-0.39, 0.29) is 29.6 Å². The molecule has 9 heteroatoms. The zero-order valence-corrected chi connectivity index (χ0v) is 18.6. The lowest BCUT2D eigenvalue weighted by molar-refractivity contribution is -0.127. The van der Waals surface area contributed by atoms with Crippen LogP contribution in [0.4, 0.5) is 0 Å². The lowest BCUT2D eigenvalue weighted by Crippen LogP contribution is -2.50. The summed E-state index contributed by atoms with van der Waals surface area (Å²) >= 11 is 0. The summed E-state index contributed by atoms with van der Waals surface area (Å²) in [4.78, 5) is 14.2. The zero-order chi connectivity index (χ0) is 22.4. The number of sulfonamides is 1. The molecule has 0 spiro atoms. The lowest BCUT2D eigenvalue weighted by atomic mass is 10.2. The normalized spacial score (nSPS) is 15.1. The highest BCUT2D eigenvalue weighted by Crippen LogP contribution is 2.31. The molecule has 0 aliphatic carbocycles. The molecule has 2 aromatic rings. The van der Waals surface area contributed by atoms with E-state index in [2.05, 4.69) is 0 Å². The Labute approximate surface area is 182 Å². The van der Waals surface area contributed by atoms with E-state index in [1.54, 1.807) is 30.2 Å². The highest BCUT2D eigenvalue weighted by molar-refractivity contribution is 7.89. The third-order valence-electron chi connectivity index (χ3n) is 5.08. The predicted molar refractivity (Wildman–Crippen MR) is 117 cm³/mol. The van der Waals surface area contributed by atoms with Gasteiger partial charge in [-0.2, -0.15) is 4.31 Å². The van der Waals surface area contributed by atoms with Crippen LogP contribution >= 0.6 is 0 Å². The minimum absolute atomic E-state index is 0.0465. The minimum Gasteiger partial charge on any atom is -0.497 e. The first-order valence-corrected chi connectivity index (χ1v) is 11.2. The van der Waals surface area contributed by atoms with E-state index in [4.69, 9.17) is 14.2 Å². The Kier molecular flexibility index (Phi) is 7.19. The molecule has 1 heterocycles. The molecule has 0 saturated carbocycles. The minimum atomic E-state index is -3.79. The third-order valence-corrected chi connectivity index (χ3v) is 7.00. The average Bonchev–Trinajstić information content (AvgIpc) is 2.82. The van der Waals surface area contributed by atoms with E-state index >= 15 is 0 Å². The van der Waals surface area contributed by atoms with Crippen LogP contribution in [0.1, 0.15) is 5.56 Å². The Hall–Kier alpha value is -3.04. The molecule has 31 heavy (non-hydrogen) atoms. The molecule has 8 nitrogen and oxygen atoms in total. The average molecular weight is 447 g/mol. The van der Waals surface area contributed by atoms with Crippen molar-refractivity contribution in [3.63, 3.8) is 0 Å².